The lowest BCUT2D eigenvalue weighted by Gasteiger charge is -2.25. The Morgan fingerprint density at radius 2 is 1.89 bits per heavy atom. The van der Waals surface area contributed by atoms with E-state index in [1.165, 1.54) is 0 Å². The van der Waals surface area contributed by atoms with Gasteiger partial charge in [-0.3, -0.25) is 4.79 Å². The molecule has 1 saturated heterocycles. The van der Waals surface area contributed by atoms with Crippen molar-refractivity contribution in [3.63, 3.8) is 0 Å². The second-order valence-corrected chi connectivity index (χ2v) is 6.02. The number of hydrogen-bond donors (Lipinski definition) is 0. The summed E-state index contributed by atoms with van der Waals surface area (Å²) in [6, 6.07) is 0. The number of piperidine rings is 1. The Morgan fingerprint density at radius 3 is 2.33 bits per heavy atom. The van der Waals surface area contributed by atoms with Gasteiger partial charge in [0.2, 0.25) is 5.78 Å². The van der Waals surface area contributed by atoms with Gasteiger partial charge in [0.1, 0.15) is 5.60 Å². The monoisotopic (exact) mass is 250 g/mol. The van der Waals surface area contributed by atoms with Crippen LogP contribution in [0.1, 0.15) is 20.8 Å². The lowest BCUT2D eigenvalue weighted by atomic mass is 10.2. The van der Waals surface area contributed by atoms with Crippen LogP contribution in [0.15, 0.2) is 0 Å². The molecule has 1 unspecified atom stereocenters. The second-order valence-electron chi connectivity index (χ2n) is 6.02. The third kappa shape index (κ3) is 2.47. The Bertz CT molecular complexity index is 407. The van der Waals surface area contributed by atoms with Crippen LogP contribution < -0.4 is 0 Å². The lowest BCUT2D eigenvalue weighted by Crippen LogP contribution is -2.37. The van der Waals surface area contributed by atoms with Crippen molar-refractivity contribution in [2.24, 2.45) is 17.8 Å². The van der Waals surface area contributed by atoms with E-state index in [9.17, 15) is 9.59 Å². The van der Waals surface area contributed by atoms with E-state index >= 15 is 0 Å². The fourth-order valence-corrected chi connectivity index (χ4v) is 2.66. The molecule has 1 heterocycles. The van der Waals surface area contributed by atoms with Crippen LogP contribution in [0.3, 0.4) is 0 Å². The van der Waals surface area contributed by atoms with Gasteiger partial charge < -0.3 is 14.5 Å². The highest BCUT2D eigenvalue weighted by Crippen LogP contribution is 2.52. The fourth-order valence-electron chi connectivity index (χ4n) is 2.66. The van der Waals surface area contributed by atoms with Gasteiger partial charge in [-0.25, -0.2) is 11.4 Å². The predicted molar refractivity (Wildman–Crippen MR) is 64.8 cm³/mol. The molecular weight excluding hydrogens is 232 g/mol. The average Bonchev–Trinajstić information content (AvgIpc) is 2.72. The number of ether oxygens (including phenoxy) is 1. The van der Waals surface area contributed by atoms with Gasteiger partial charge in [-0.15, -0.1) is 0 Å². The van der Waals surface area contributed by atoms with Crippen LogP contribution in [0.2, 0.25) is 0 Å². The Hall–Kier alpha value is -1.57. The van der Waals surface area contributed by atoms with Gasteiger partial charge in [-0.05, 0) is 32.6 Å². The number of hydrogen-bond acceptors (Lipinski definition) is 3. The zero-order valence-corrected chi connectivity index (χ0v) is 11.0. The summed E-state index contributed by atoms with van der Waals surface area (Å²) in [4.78, 5) is 28.2. The molecule has 0 spiro atoms. The summed E-state index contributed by atoms with van der Waals surface area (Å²) < 4.78 is 5.29. The number of likely N-dealkylation sites (tertiary alicyclic amines) is 1. The highest BCUT2D eigenvalue weighted by Gasteiger charge is 2.60. The summed E-state index contributed by atoms with van der Waals surface area (Å²) in [7, 11) is 0. The van der Waals surface area contributed by atoms with Crippen LogP contribution in [-0.4, -0.2) is 42.0 Å². The molecule has 0 radical (unpaired) electrons. The standard InChI is InChI=1S/C13H18N2O3/c1-13(2,3)18-12(17)15-6-8-9(7-15)11(8)10(16)5-14-4/h8-9,11H,5-7H2,1-3H3/t8-,9+,11?. The zero-order valence-electron chi connectivity index (χ0n) is 11.0. The molecular formula is C13H18N2O3. The summed E-state index contributed by atoms with van der Waals surface area (Å²) in [6.07, 6.45) is -0.300. The third-order valence-corrected chi connectivity index (χ3v) is 3.45. The molecule has 1 aliphatic heterocycles. The van der Waals surface area contributed by atoms with Gasteiger partial charge in [-0.1, -0.05) is 0 Å². The molecule has 0 aromatic carbocycles. The Morgan fingerprint density at radius 1 is 1.33 bits per heavy atom. The molecule has 2 aliphatic rings. The van der Waals surface area contributed by atoms with Crippen molar-refractivity contribution in [2.75, 3.05) is 19.6 Å². The molecule has 5 heteroatoms. The molecule has 5 nitrogen and oxygen atoms in total. The predicted octanol–water partition coefficient (Wildman–Crippen LogP) is 1.59. The summed E-state index contributed by atoms with van der Waals surface area (Å²) >= 11 is 0. The van der Waals surface area contributed by atoms with E-state index < -0.39 is 5.60 Å². The number of nitrogens with zero attached hydrogens (tertiary/aromatic N) is 2. The maximum absolute atomic E-state index is 11.8. The van der Waals surface area contributed by atoms with Gasteiger partial charge in [0, 0.05) is 19.0 Å². The molecule has 0 N–H and O–H groups in total. The van der Waals surface area contributed by atoms with Crippen LogP contribution in [0.5, 0.6) is 0 Å². The van der Waals surface area contributed by atoms with E-state index in [-0.39, 0.29) is 36.2 Å². The number of carbonyl (C=O) groups is 2. The van der Waals surface area contributed by atoms with Gasteiger partial charge in [0.25, 0.3) is 6.54 Å². The molecule has 1 aliphatic carbocycles. The molecule has 1 saturated carbocycles. The van der Waals surface area contributed by atoms with E-state index in [0.29, 0.717) is 13.1 Å². The first kappa shape index (κ1) is 12.9. The molecule has 0 aromatic heterocycles. The van der Waals surface area contributed by atoms with E-state index in [2.05, 4.69) is 4.85 Å². The summed E-state index contributed by atoms with van der Waals surface area (Å²) in [5.41, 5.74) is -0.483. The maximum Gasteiger partial charge on any atom is 0.410 e. The highest BCUT2D eigenvalue weighted by atomic mass is 16.6. The lowest BCUT2D eigenvalue weighted by molar-refractivity contribution is -0.119. The molecule has 1 amide bonds. The number of amides is 1. The topological polar surface area (TPSA) is 51.0 Å². The molecule has 0 aromatic rings. The minimum Gasteiger partial charge on any atom is -0.444 e. The summed E-state index contributed by atoms with van der Waals surface area (Å²) in [5.74, 6) is 0.556. The Labute approximate surface area is 107 Å². The maximum atomic E-state index is 11.8. The third-order valence-electron chi connectivity index (χ3n) is 3.45. The van der Waals surface area contributed by atoms with Gasteiger partial charge in [-0.2, -0.15) is 0 Å². The van der Waals surface area contributed by atoms with Crippen molar-refractivity contribution in [2.45, 2.75) is 26.4 Å². The molecule has 3 atom stereocenters. The van der Waals surface area contributed by atoms with Crippen molar-refractivity contribution in [3.8, 4) is 0 Å². The molecule has 18 heavy (non-hydrogen) atoms. The van der Waals surface area contributed by atoms with E-state index in [1.807, 2.05) is 20.8 Å². The summed E-state index contributed by atoms with van der Waals surface area (Å²) in [5, 5.41) is 0. The zero-order chi connectivity index (χ0) is 13.5. The normalized spacial score (nSPS) is 29.4. The largest absolute Gasteiger partial charge is 0.444 e. The number of rotatable bonds is 2. The van der Waals surface area contributed by atoms with Crippen LogP contribution in [0.4, 0.5) is 4.79 Å². The summed E-state index contributed by atoms with van der Waals surface area (Å²) in [6.45, 7) is 13.4. The SMILES string of the molecule is [C-]#[N+]CC(=O)C1[C@H]2CN(C(=O)OC(C)(C)C)C[C@@H]12. The molecule has 98 valence electrons. The molecule has 2 fully saturated rings. The van der Waals surface area contributed by atoms with Crippen molar-refractivity contribution >= 4 is 11.9 Å². The van der Waals surface area contributed by atoms with Gasteiger partial charge in [0.15, 0.2) is 0 Å². The van der Waals surface area contributed by atoms with Crippen molar-refractivity contribution in [3.05, 3.63) is 11.4 Å². The minimum atomic E-state index is -0.483. The second kappa shape index (κ2) is 4.27. The van der Waals surface area contributed by atoms with Crippen LogP contribution >= 0.6 is 0 Å². The van der Waals surface area contributed by atoms with Crippen LogP contribution in [0.25, 0.3) is 4.85 Å². The smallest absolute Gasteiger partial charge is 0.410 e. The first-order chi connectivity index (χ1) is 8.33. The molecule has 2 rings (SSSR count). The van der Waals surface area contributed by atoms with E-state index in [0.717, 1.165) is 0 Å². The quantitative estimate of drug-likeness (QED) is 0.699. The first-order valence-electron chi connectivity index (χ1n) is 6.17. The van der Waals surface area contributed by atoms with Crippen molar-refractivity contribution in [1.82, 2.24) is 4.90 Å². The first-order valence-corrected chi connectivity index (χ1v) is 6.17. The Kier molecular flexibility index (Phi) is 3.05. The van der Waals surface area contributed by atoms with Gasteiger partial charge in [0.05, 0.1) is 0 Å². The van der Waals surface area contributed by atoms with E-state index in [1.54, 1.807) is 4.90 Å². The van der Waals surface area contributed by atoms with Crippen molar-refractivity contribution < 1.29 is 14.3 Å². The van der Waals surface area contributed by atoms with Crippen LogP contribution in [-0.2, 0) is 9.53 Å². The highest BCUT2D eigenvalue weighted by molar-refractivity contribution is 5.88. The number of Topliss-reactive ketones (excluding diaryl/α,β-unsaturated/α-hetero) is 1. The minimum absolute atomic E-state index is 0.0118. The van der Waals surface area contributed by atoms with E-state index in [4.69, 9.17) is 11.3 Å². The van der Waals surface area contributed by atoms with Crippen molar-refractivity contribution in [1.29, 1.82) is 0 Å². The number of fused-ring (bicyclic) bond motifs is 1. The molecule has 0 bridgehead atoms. The number of ketones is 1. The number of carbonyl (C=O) groups excluding carboxylic acids is 2. The van der Waals surface area contributed by atoms with Crippen LogP contribution in [0, 0.1) is 24.3 Å². The Balaban J connectivity index is 1.83. The average molecular weight is 250 g/mol. The van der Waals surface area contributed by atoms with Gasteiger partial charge >= 0.3 is 6.09 Å². The fraction of sp³-hybridized carbons (Fsp3) is 0.769.